The van der Waals surface area contributed by atoms with E-state index in [4.69, 9.17) is 0 Å². The Morgan fingerprint density at radius 1 is 1.67 bits per heavy atom. The molecular weight excluding hydrogens is 206 g/mol. The third kappa shape index (κ3) is 2.77. The summed E-state index contributed by atoms with van der Waals surface area (Å²) in [6.07, 6.45) is 3.13. The first kappa shape index (κ1) is 11.0. The van der Waals surface area contributed by atoms with Gasteiger partial charge in [0, 0.05) is 36.8 Å². The van der Waals surface area contributed by atoms with Crippen LogP contribution < -0.4 is 5.32 Å². The average molecular weight is 225 g/mol. The predicted molar refractivity (Wildman–Crippen MR) is 64.2 cm³/mol. The number of aromatic nitrogens is 1. The van der Waals surface area contributed by atoms with E-state index in [1.54, 1.807) is 0 Å². The van der Waals surface area contributed by atoms with Crippen molar-refractivity contribution in [3.05, 3.63) is 16.1 Å². The molecule has 1 N–H and O–H groups in total. The van der Waals surface area contributed by atoms with E-state index in [1.165, 1.54) is 9.88 Å². The Bertz CT molecular complexity index is 311. The zero-order valence-electron chi connectivity index (χ0n) is 9.49. The molecule has 1 fully saturated rings. The van der Waals surface area contributed by atoms with Crippen LogP contribution in [0.25, 0.3) is 0 Å². The fourth-order valence-electron chi connectivity index (χ4n) is 1.88. The van der Waals surface area contributed by atoms with E-state index in [0.717, 1.165) is 32.6 Å². The lowest BCUT2D eigenvalue weighted by Gasteiger charge is -2.33. The summed E-state index contributed by atoms with van der Waals surface area (Å²) >= 11 is 1.86. The SMILES string of the molecule is CCc1cnc(CN2CCNC[C@@H]2C)s1. The van der Waals surface area contributed by atoms with Gasteiger partial charge in [0.2, 0.25) is 0 Å². The molecule has 0 spiro atoms. The molecule has 0 aliphatic carbocycles. The van der Waals surface area contributed by atoms with Gasteiger partial charge in [0.1, 0.15) is 5.01 Å². The van der Waals surface area contributed by atoms with Gasteiger partial charge in [-0.2, -0.15) is 0 Å². The third-order valence-electron chi connectivity index (χ3n) is 2.93. The van der Waals surface area contributed by atoms with Gasteiger partial charge in [-0.25, -0.2) is 4.98 Å². The third-order valence-corrected chi connectivity index (χ3v) is 4.05. The topological polar surface area (TPSA) is 28.2 Å². The summed E-state index contributed by atoms with van der Waals surface area (Å²) in [6, 6.07) is 0.632. The molecule has 1 aromatic rings. The van der Waals surface area contributed by atoms with Crippen LogP contribution in [0.2, 0.25) is 0 Å². The second-order valence-corrected chi connectivity index (χ2v) is 5.30. The van der Waals surface area contributed by atoms with Crippen molar-refractivity contribution in [3.8, 4) is 0 Å². The maximum absolute atomic E-state index is 4.47. The van der Waals surface area contributed by atoms with Crippen LogP contribution in [0.5, 0.6) is 0 Å². The molecule has 15 heavy (non-hydrogen) atoms. The highest BCUT2D eigenvalue weighted by Crippen LogP contribution is 2.17. The fraction of sp³-hybridized carbons (Fsp3) is 0.727. The summed E-state index contributed by atoms with van der Waals surface area (Å²) in [6.45, 7) is 8.84. The Balaban J connectivity index is 1.95. The molecule has 1 aliphatic rings. The van der Waals surface area contributed by atoms with Crippen molar-refractivity contribution in [2.45, 2.75) is 32.9 Å². The summed E-state index contributed by atoms with van der Waals surface area (Å²) in [4.78, 5) is 8.38. The van der Waals surface area contributed by atoms with Gasteiger partial charge in [0.05, 0.1) is 6.54 Å². The summed E-state index contributed by atoms with van der Waals surface area (Å²) in [5, 5.41) is 4.67. The maximum atomic E-state index is 4.47. The number of nitrogens with zero attached hydrogens (tertiary/aromatic N) is 2. The van der Waals surface area contributed by atoms with Gasteiger partial charge in [0.25, 0.3) is 0 Å². The Morgan fingerprint density at radius 3 is 3.20 bits per heavy atom. The Kier molecular flexibility index (Phi) is 3.72. The largest absolute Gasteiger partial charge is 0.314 e. The van der Waals surface area contributed by atoms with Crippen LogP contribution in [-0.2, 0) is 13.0 Å². The van der Waals surface area contributed by atoms with E-state index in [1.807, 2.05) is 17.5 Å². The molecule has 1 atom stereocenters. The highest BCUT2D eigenvalue weighted by atomic mass is 32.1. The smallest absolute Gasteiger partial charge is 0.107 e. The molecule has 3 nitrogen and oxygen atoms in total. The van der Waals surface area contributed by atoms with E-state index in [2.05, 4.69) is 29.0 Å². The first-order valence-electron chi connectivity index (χ1n) is 5.68. The Labute approximate surface area is 95.5 Å². The first-order chi connectivity index (χ1) is 7.29. The Hall–Kier alpha value is -0.450. The van der Waals surface area contributed by atoms with Crippen molar-refractivity contribution in [1.29, 1.82) is 0 Å². The van der Waals surface area contributed by atoms with Crippen LogP contribution in [0.4, 0.5) is 0 Å². The van der Waals surface area contributed by atoms with Crippen molar-refractivity contribution in [2.75, 3.05) is 19.6 Å². The van der Waals surface area contributed by atoms with Crippen LogP contribution in [0, 0.1) is 0 Å². The second-order valence-electron chi connectivity index (χ2n) is 4.10. The summed E-state index contributed by atoms with van der Waals surface area (Å²) in [5.41, 5.74) is 0. The molecule has 2 rings (SSSR count). The van der Waals surface area contributed by atoms with Gasteiger partial charge < -0.3 is 5.32 Å². The Morgan fingerprint density at radius 2 is 2.53 bits per heavy atom. The molecule has 0 saturated carbocycles. The number of hydrogen-bond donors (Lipinski definition) is 1. The number of rotatable bonds is 3. The molecule has 0 unspecified atom stereocenters. The molecule has 1 saturated heterocycles. The highest BCUT2D eigenvalue weighted by Gasteiger charge is 2.18. The van der Waals surface area contributed by atoms with Crippen molar-refractivity contribution in [1.82, 2.24) is 15.2 Å². The standard InChI is InChI=1S/C11H19N3S/c1-3-10-7-13-11(15-10)8-14-5-4-12-6-9(14)2/h7,9,12H,3-6,8H2,1-2H3/t9-/m0/s1. The van der Waals surface area contributed by atoms with Crippen LogP contribution in [0.15, 0.2) is 6.20 Å². The summed E-state index contributed by atoms with van der Waals surface area (Å²) < 4.78 is 0. The van der Waals surface area contributed by atoms with E-state index in [-0.39, 0.29) is 0 Å². The van der Waals surface area contributed by atoms with Crippen LogP contribution in [-0.4, -0.2) is 35.6 Å². The number of thiazole rings is 1. The van der Waals surface area contributed by atoms with Gasteiger partial charge >= 0.3 is 0 Å². The lowest BCUT2D eigenvalue weighted by Crippen LogP contribution is -2.49. The first-order valence-corrected chi connectivity index (χ1v) is 6.49. The number of hydrogen-bond acceptors (Lipinski definition) is 4. The van der Waals surface area contributed by atoms with Crippen molar-refractivity contribution in [3.63, 3.8) is 0 Å². The van der Waals surface area contributed by atoms with Crippen LogP contribution in [0.3, 0.4) is 0 Å². The molecular formula is C11H19N3S. The number of piperazine rings is 1. The minimum atomic E-state index is 0.632. The minimum absolute atomic E-state index is 0.632. The lowest BCUT2D eigenvalue weighted by molar-refractivity contribution is 0.165. The average Bonchev–Trinajstić information content (AvgIpc) is 2.69. The molecule has 0 aromatic carbocycles. The van der Waals surface area contributed by atoms with E-state index in [0.29, 0.717) is 6.04 Å². The number of aryl methyl sites for hydroxylation is 1. The lowest BCUT2D eigenvalue weighted by atomic mass is 10.2. The number of nitrogens with one attached hydrogen (secondary N) is 1. The van der Waals surface area contributed by atoms with Crippen molar-refractivity contribution < 1.29 is 0 Å². The summed E-state index contributed by atoms with van der Waals surface area (Å²) in [5.74, 6) is 0. The molecule has 0 radical (unpaired) electrons. The van der Waals surface area contributed by atoms with Crippen molar-refractivity contribution in [2.24, 2.45) is 0 Å². The zero-order valence-corrected chi connectivity index (χ0v) is 10.3. The molecule has 4 heteroatoms. The molecule has 0 amide bonds. The van der Waals surface area contributed by atoms with E-state index >= 15 is 0 Å². The van der Waals surface area contributed by atoms with Gasteiger partial charge in [0.15, 0.2) is 0 Å². The molecule has 84 valence electrons. The van der Waals surface area contributed by atoms with Crippen molar-refractivity contribution >= 4 is 11.3 Å². The molecule has 1 aromatic heterocycles. The summed E-state index contributed by atoms with van der Waals surface area (Å²) in [7, 11) is 0. The zero-order chi connectivity index (χ0) is 10.7. The van der Waals surface area contributed by atoms with Crippen LogP contribution >= 0.6 is 11.3 Å². The maximum Gasteiger partial charge on any atom is 0.107 e. The molecule has 0 bridgehead atoms. The van der Waals surface area contributed by atoms with Gasteiger partial charge in [-0.15, -0.1) is 11.3 Å². The molecule has 1 aliphatic heterocycles. The van der Waals surface area contributed by atoms with Gasteiger partial charge in [-0.05, 0) is 13.3 Å². The molecule has 2 heterocycles. The van der Waals surface area contributed by atoms with E-state index in [9.17, 15) is 0 Å². The second kappa shape index (κ2) is 5.05. The van der Waals surface area contributed by atoms with E-state index < -0.39 is 0 Å². The normalized spacial score (nSPS) is 23.2. The fourth-order valence-corrected chi connectivity index (χ4v) is 2.76. The van der Waals surface area contributed by atoms with Crippen LogP contribution in [0.1, 0.15) is 23.7 Å². The van der Waals surface area contributed by atoms with Gasteiger partial charge in [-0.3, -0.25) is 4.90 Å². The monoisotopic (exact) mass is 225 g/mol. The van der Waals surface area contributed by atoms with Gasteiger partial charge in [-0.1, -0.05) is 6.92 Å². The predicted octanol–water partition coefficient (Wildman–Crippen LogP) is 1.50. The minimum Gasteiger partial charge on any atom is -0.314 e. The highest BCUT2D eigenvalue weighted by molar-refractivity contribution is 7.11. The quantitative estimate of drug-likeness (QED) is 0.845.